The zero-order chi connectivity index (χ0) is 7.28. The minimum Gasteiger partial charge on any atom is -0.146 e. The summed E-state index contributed by atoms with van der Waals surface area (Å²) in [6.45, 7) is 4.05. The molecule has 2 nitrogen and oxygen atoms in total. The number of hydrogen-bond donors (Lipinski definition) is 0. The predicted molar refractivity (Wildman–Crippen MR) is 38.6 cm³/mol. The van der Waals surface area contributed by atoms with Gasteiger partial charge in [-0.2, -0.15) is 0 Å². The molecule has 0 radical (unpaired) electrons. The Kier molecular flexibility index (Phi) is 4.55. The maximum absolute atomic E-state index is 10.6. The molecule has 3 heteroatoms. The molecule has 9 heavy (non-hydrogen) atoms. The van der Waals surface area contributed by atoms with Gasteiger partial charge in [-0.1, -0.05) is 13.8 Å². The van der Waals surface area contributed by atoms with Gasteiger partial charge in [0.25, 0.3) is 0 Å². The van der Waals surface area contributed by atoms with Crippen LogP contribution in [0, 0.1) is 5.92 Å². The summed E-state index contributed by atoms with van der Waals surface area (Å²) in [7, 11) is -0.108. The van der Waals surface area contributed by atoms with E-state index in [2.05, 4.69) is 4.52 Å². The van der Waals surface area contributed by atoms with Crippen LogP contribution in [0.2, 0.25) is 0 Å². The first-order valence-electron chi connectivity index (χ1n) is 2.85. The van der Waals surface area contributed by atoms with Crippen molar-refractivity contribution >= 4 is 8.03 Å². The number of rotatable bonds is 3. The molecule has 1 atom stereocenters. The highest BCUT2D eigenvalue weighted by Gasteiger charge is 2.06. The lowest BCUT2D eigenvalue weighted by Gasteiger charge is -1.85. The second-order valence-electron chi connectivity index (χ2n) is 2.05. The third-order valence-corrected chi connectivity index (χ3v) is 1.55. The van der Waals surface area contributed by atoms with Crippen molar-refractivity contribution < 1.29 is 9.09 Å². The van der Waals surface area contributed by atoms with Gasteiger partial charge >= 0.3 is 8.03 Å². The Labute approximate surface area is 56.8 Å². The lowest BCUT2D eigenvalue weighted by molar-refractivity contribution is 0.422. The minimum absolute atomic E-state index is 0.444. The van der Waals surface area contributed by atoms with Gasteiger partial charge in [-0.25, -0.2) is 0 Å². The van der Waals surface area contributed by atoms with Gasteiger partial charge in [0.1, 0.15) is 0 Å². The van der Waals surface area contributed by atoms with E-state index in [1.807, 2.05) is 19.9 Å². The molecule has 52 valence electrons. The highest BCUT2D eigenvalue weighted by atomic mass is 31.1. The zero-order valence-corrected chi connectivity index (χ0v) is 6.89. The highest BCUT2D eigenvalue weighted by molar-refractivity contribution is 7.42. The number of hydrogen-bond acceptors (Lipinski definition) is 2. The molecule has 0 aliphatic carbocycles. The maximum Gasteiger partial charge on any atom is 0.540 e. The summed E-state index contributed by atoms with van der Waals surface area (Å²) < 4.78 is 15.1. The van der Waals surface area contributed by atoms with E-state index >= 15 is 0 Å². The molecule has 0 aromatic carbocycles. The van der Waals surface area contributed by atoms with Crippen LogP contribution < -0.4 is 0 Å². The molecule has 0 aromatic heterocycles. The third kappa shape index (κ3) is 5.67. The van der Waals surface area contributed by atoms with E-state index in [1.165, 1.54) is 7.11 Å². The van der Waals surface area contributed by atoms with E-state index < -0.39 is 8.03 Å². The molecule has 0 saturated carbocycles. The molecule has 0 fully saturated rings. The van der Waals surface area contributed by atoms with Crippen molar-refractivity contribution in [2.45, 2.75) is 13.8 Å². The molecule has 0 rings (SSSR count). The third-order valence-electron chi connectivity index (χ3n) is 0.773. The Hall–Kier alpha value is -0.200. The Morgan fingerprint density at radius 1 is 1.56 bits per heavy atom. The van der Waals surface area contributed by atoms with Gasteiger partial charge < -0.3 is 0 Å². The van der Waals surface area contributed by atoms with Crippen LogP contribution in [0.1, 0.15) is 13.8 Å². The van der Waals surface area contributed by atoms with E-state index in [0.717, 1.165) is 0 Å². The monoisotopic (exact) mass is 147 g/mol. The first-order valence-corrected chi connectivity index (χ1v) is 4.10. The molecule has 0 aliphatic heterocycles. The van der Waals surface area contributed by atoms with Gasteiger partial charge in [0.2, 0.25) is 0 Å². The van der Waals surface area contributed by atoms with E-state index in [1.54, 1.807) is 5.82 Å². The van der Waals surface area contributed by atoms with E-state index in [-0.39, 0.29) is 0 Å². The van der Waals surface area contributed by atoms with Crippen LogP contribution >= 0.6 is 8.03 Å². The second kappa shape index (κ2) is 4.66. The molecule has 0 heterocycles. The first kappa shape index (κ1) is 8.80. The van der Waals surface area contributed by atoms with Crippen molar-refractivity contribution in [3.05, 3.63) is 11.9 Å². The van der Waals surface area contributed by atoms with Crippen LogP contribution in [-0.2, 0) is 9.09 Å². The highest BCUT2D eigenvalue weighted by Crippen LogP contribution is 2.22. The summed E-state index contributed by atoms with van der Waals surface area (Å²) in [4.78, 5) is 0. The topological polar surface area (TPSA) is 26.3 Å². The van der Waals surface area contributed by atoms with Crippen molar-refractivity contribution in [1.29, 1.82) is 0 Å². The maximum atomic E-state index is 10.6. The van der Waals surface area contributed by atoms with Crippen molar-refractivity contribution in [3.8, 4) is 0 Å². The first-order chi connectivity index (χ1) is 4.16. The molecule has 0 N–H and O–H groups in total. The fraction of sp³-hybridized carbons (Fsp3) is 0.667. The normalized spacial score (nSPS) is 13.1. The largest absolute Gasteiger partial charge is 0.540 e. The van der Waals surface area contributed by atoms with Crippen molar-refractivity contribution in [2.75, 3.05) is 7.11 Å². The smallest absolute Gasteiger partial charge is 0.146 e. The van der Waals surface area contributed by atoms with Gasteiger partial charge in [-0.05, 0) is 16.6 Å². The quantitative estimate of drug-likeness (QED) is 0.573. The van der Waals surface area contributed by atoms with Crippen LogP contribution in [0.25, 0.3) is 0 Å². The molecule has 0 aliphatic rings. The Morgan fingerprint density at radius 2 is 2.11 bits per heavy atom. The van der Waals surface area contributed by atoms with Gasteiger partial charge in [0.15, 0.2) is 5.82 Å². The molecule has 0 saturated heterocycles. The molecule has 0 spiro atoms. The van der Waals surface area contributed by atoms with E-state index in [4.69, 9.17) is 0 Å². The minimum atomic E-state index is -1.54. The lowest BCUT2D eigenvalue weighted by Crippen LogP contribution is -1.74. The summed E-state index contributed by atoms with van der Waals surface area (Å²) in [6.07, 6.45) is 1.86. The Bertz CT molecular complexity index is 118. The zero-order valence-electron chi connectivity index (χ0n) is 6.00. The summed E-state index contributed by atoms with van der Waals surface area (Å²) in [5.74, 6) is 2.03. The summed E-state index contributed by atoms with van der Waals surface area (Å²) in [6, 6.07) is 0. The van der Waals surface area contributed by atoms with Gasteiger partial charge in [0.05, 0.1) is 7.11 Å². The van der Waals surface area contributed by atoms with Crippen LogP contribution in [0.3, 0.4) is 0 Å². The average Bonchev–Trinajstić information content (AvgIpc) is 1.83. The molecule has 0 bridgehead atoms. The van der Waals surface area contributed by atoms with Gasteiger partial charge in [-0.3, -0.25) is 0 Å². The van der Waals surface area contributed by atoms with Gasteiger partial charge in [0, 0.05) is 0 Å². The SMILES string of the molecule is CO[P+](=O)C=CC(C)C. The fourth-order valence-electron chi connectivity index (χ4n) is 0.303. The molecule has 1 unspecified atom stereocenters. The summed E-state index contributed by atoms with van der Waals surface area (Å²) in [5.41, 5.74) is 0. The van der Waals surface area contributed by atoms with Crippen LogP contribution in [-0.4, -0.2) is 7.11 Å². The molecular weight excluding hydrogens is 135 g/mol. The predicted octanol–water partition coefficient (Wildman–Crippen LogP) is 2.54. The number of allylic oxidation sites excluding steroid dienone is 1. The lowest BCUT2D eigenvalue weighted by atomic mass is 10.2. The Balaban J connectivity index is 3.57. The Morgan fingerprint density at radius 3 is 2.44 bits per heavy atom. The molecular formula is C6H12O2P+. The standard InChI is InChI=1S/C6H12O2P/c1-6(2)4-5-9(7)8-3/h4-6H,1-3H3/q+1. The van der Waals surface area contributed by atoms with Crippen LogP contribution in [0.15, 0.2) is 11.9 Å². The fourth-order valence-corrected chi connectivity index (χ4v) is 0.910. The average molecular weight is 147 g/mol. The van der Waals surface area contributed by atoms with Crippen LogP contribution in [0.4, 0.5) is 0 Å². The summed E-state index contributed by atoms with van der Waals surface area (Å²) in [5, 5.41) is 0. The van der Waals surface area contributed by atoms with E-state index in [9.17, 15) is 4.57 Å². The van der Waals surface area contributed by atoms with Crippen molar-refractivity contribution in [2.24, 2.45) is 5.92 Å². The van der Waals surface area contributed by atoms with Gasteiger partial charge in [-0.15, -0.1) is 4.52 Å². The van der Waals surface area contributed by atoms with E-state index in [0.29, 0.717) is 5.92 Å². The second-order valence-corrected chi connectivity index (χ2v) is 3.29. The molecule has 0 amide bonds. The van der Waals surface area contributed by atoms with Crippen LogP contribution in [0.5, 0.6) is 0 Å². The summed E-state index contributed by atoms with van der Waals surface area (Å²) >= 11 is 0. The van der Waals surface area contributed by atoms with Crippen molar-refractivity contribution in [1.82, 2.24) is 0 Å². The molecule has 0 aromatic rings. The van der Waals surface area contributed by atoms with Crippen molar-refractivity contribution in [3.63, 3.8) is 0 Å².